The molecule has 0 aliphatic carbocycles. The number of piperidine rings is 1. The van der Waals surface area contributed by atoms with E-state index in [1.165, 1.54) is 31.4 Å². The monoisotopic (exact) mass is 247 g/mol. The molecule has 3 heteroatoms. The summed E-state index contributed by atoms with van der Waals surface area (Å²) < 4.78 is 2.01. The lowest BCUT2D eigenvalue weighted by Crippen LogP contribution is -2.33. The van der Waals surface area contributed by atoms with Crippen LogP contribution in [0.25, 0.3) is 6.08 Å². The van der Waals surface area contributed by atoms with Crippen LogP contribution in [-0.4, -0.2) is 22.4 Å². The van der Waals surface area contributed by atoms with Gasteiger partial charge in [-0.1, -0.05) is 12.0 Å². The van der Waals surface area contributed by atoms with Crippen molar-refractivity contribution in [3.63, 3.8) is 0 Å². The van der Waals surface area contributed by atoms with E-state index < -0.39 is 0 Å². The van der Waals surface area contributed by atoms with Gasteiger partial charge in [0.25, 0.3) is 0 Å². The molecule has 0 aromatic carbocycles. The van der Waals surface area contributed by atoms with Gasteiger partial charge in [0.15, 0.2) is 0 Å². The Balaban J connectivity index is 1.93. The fourth-order valence-electron chi connectivity index (χ4n) is 2.52. The van der Waals surface area contributed by atoms with Gasteiger partial charge in [-0.05, 0) is 58.7 Å². The molecule has 0 radical (unpaired) electrons. The van der Waals surface area contributed by atoms with Gasteiger partial charge in [-0.25, -0.2) is 0 Å². The third-order valence-corrected chi connectivity index (χ3v) is 3.53. The van der Waals surface area contributed by atoms with Gasteiger partial charge in [0, 0.05) is 18.3 Å². The number of aromatic nitrogens is 2. The molecule has 18 heavy (non-hydrogen) atoms. The Morgan fingerprint density at radius 2 is 2.39 bits per heavy atom. The lowest BCUT2D eigenvalue weighted by molar-refractivity contribution is 0.399. The average Bonchev–Trinajstić information content (AvgIpc) is 2.78. The van der Waals surface area contributed by atoms with Crippen LogP contribution in [0.5, 0.6) is 0 Å². The zero-order valence-electron chi connectivity index (χ0n) is 11.8. The van der Waals surface area contributed by atoms with E-state index in [-0.39, 0.29) is 0 Å². The lowest BCUT2D eigenvalue weighted by atomic mass is 9.98. The third kappa shape index (κ3) is 3.70. The van der Waals surface area contributed by atoms with E-state index >= 15 is 0 Å². The molecule has 1 aliphatic rings. The van der Waals surface area contributed by atoms with Crippen LogP contribution in [0.2, 0.25) is 0 Å². The van der Waals surface area contributed by atoms with Crippen LogP contribution in [0, 0.1) is 0 Å². The molecule has 1 fully saturated rings. The largest absolute Gasteiger partial charge is 0.314 e. The van der Waals surface area contributed by atoms with Crippen molar-refractivity contribution in [3.05, 3.63) is 23.5 Å². The maximum absolute atomic E-state index is 4.56. The summed E-state index contributed by atoms with van der Waals surface area (Å²) in [4.78, 5) is 0. The molecular formula is C15H25N3. The van der Waals surface area contributed by atoms with Crippen molar-refractivity contribution in [3.8, 4) is 0 Å². The first kappa shape index (κ1) is 13.3. The third-order valence-electron chi connectivity index (χ3n) is 3.53. The molecule has 1 aliphatic heterocycles. The molecule has 2 rings (SSSR count). The minimum atomic E-state index is 0.437. The van der Waals surface area contributed by atoms with E-state index in [1.807, 2.05) is 4.68 Å². The van der Waals surface area contributed by atoms with E-state index in [4.69, 9.17) is 0 Å². The molecule has 0 saturated carbocycles. The second-order valence-corrected chi connectivity index (χ2v) is 5.66. The van der Waals surface area contributed by atoms with Gasteiger partial charge in [0.05, 0.1) is 5.69 Å². The summed E-state index contributed by atoms with van der Waals surface area (Å²) in [6, 6.07) is 3.20. The smallest absolute Gasteiger partial charge is 0.0850 e. The Kier molecular flexibility index (Phi) is 4.59. The van der Waals surface area contributed by atoms with Crippen LogP contribution >= 0.6 is 0 Å². The Bertz CT molecular complexity index is 398. The van der Waals surface area contributed by atoms with Crippen molar-refractivity contribution in [1.29, 1.82) is 0 Å². The van der Waals surface area contributed by atoms with Crippen molar-refractivity contribution in [1.82, 2.24) is 15.1 Å². The number of hydrogen-bond acceptors (Lipinski definition) is 2. The summed E-state index contributed by atoms with van der Waals surface area (Å²) in [5.74, 6) is 0. The molecule has 0 amide bonds. The molecular weight excluding hydrogens is 222 g/mol. The van der Waals surface area contributed by atoms with Crippen molar-refractivity contribution >= 4 is 6.08 Å². The van der Waals surface area contributed by atoms with Gasteiger partial charge < -0.3 is 5.32 Å². The fraction of sp³-hybridized carbons (Fsp3) is 0.667. The first-order chi connectivity index (χ1) is 8.65. The highest BCUT2D eigenvalue weighted by Gasteiger charge is 2.12. The number of nitrogens with one attached hydrogen (secondary N) is 1. The maximum Gasteiger partial charge on any atom is 0.0850 e. The number of rotatable bonds is 4. The molecule has 1 saturated heterocycles. The predicted molar refractivity (Wildman–Crippen MR) is 76.5 cm³/mol. The van der Waals surface area contributed by atoms with Crippen LogP contribution in [0.1, 0.15) is 58.2 Å². The van der Waals surface area contributed by atoms with Crippen molar-refractivity contribution in [2.45, 2.75) is 58.5 Å². The first-order valence-corrected chi connectivity index (χ1v) is 7.11. The Labute approximate surface area is 110 Å². The molecule has 3 nitrogen and oxygen atoms in total. The van der Waals surface area contributed by atoms with Gasteiger partial charge in [0.2, 0.25) is 0 Å². The molecule has 1 N–H and O–H groups in total. The number of hydrogen-bond donors (Lipinski definition) is 1. The average molecular weight is 247 g/mol. The topological polar surface area (TPSA) is 29.9 Å². The lowest BCUT2D eigenvalue weighted by Gasteiger charge is -2.23. The van der Waals surface area contributed by atoms with Crippen LogP contribution in [-0.2, 0) is 0 Å². The number of nitrogens with zero attached hydrogens (tertiary/aromatic N) is 2. The van der Waals surface area contributed by atoms with E-state index in [0.29, 0.717) is 12.1 Å². The van der Waals surface area contributed by atoms with Crippen LogP contribution in [0.15, 0.2) is 17.8 Å². The Morgan fingerprint density at radius 1 is 1.56 bits per heavy atom. The summed E-state index contributed by atoms with van der Waals surface area (Å²) in [6.07, 6.45) is 9.43. The van der Waals surface area contributed by atoms with E-state index in [2.05, 4.69) is 49.5 Å². The maximum atomic E-state index is 4.56. The van der Waals surface area contributed by atoms with E-state index in [9.17, 15) is 0 Å². The molecule has 2 heterocycles. The van der Waals surface area contributed by atoms with Gasteiger partial charge >= 0.3 is 0 Å². The summed E-state index contributed by atoms with van der Waals surface area (Å²) in [6.45, 7) is 7.70. The van der Waals surface area contributed by atoms with Crippen LogP contribution in [0.3, 0.4) is 0 Å². The molecule has 100 valence electrons. The van der Waals surface area contributed by atoms with Crippen molar-refractivity contribution in [2.24, 2.45) is 0 Å². The SMILES string of the molecule is C/C(=C/c1ccn(C(C)C)n1)CC1CCCCN1. The fourth-order valence-corrected chi connectivity index (χ4v) is 2.52. The molecule has 1 aromatic rings. The summed E-state index contributed by atoms with van der Waals surface area (Å²) in [5.41, 5.74) is 2.50. The van der Waals surface area contributed by atoms with E-state index in [0.717, 1.165) is 12.1 Å². The predicted octanol–water partition coefficient (Wildman–Crippen LogP) is 3.40. The van der Waals surface area contributed by atoms with Gasteiger partial charge in [-0.15, -0.1) is 0 Å². The van der Waals surface area contributed by atoms with Gasteiger partial charge in [0.1, 0.15) is 0 Å². The van der Waals surface area contributed by atoms with Gasteiger partial charge in [-0.3, -0.25) is 4.68 Å². The quantitative estimate of drug-likeness (QED) is 0.883. The summed E-state index contributed by atoms with van der Waals surface area (Å²) >= 11 is 0. The molecule has 0 bridgehead atoms. The zero-order chi connectivity index (χ0) is 13.0. The normalized spacial score (nSPS) is 21.6. The van der Waals surface area contributed by atoms with Crippen LogP contribution < -0.4 is 5.32 Å². The molecule has 1 atom stereocenters. The first-order valence-electron chi connectivity index (χ1n) is 7.11. The zero-order valence-corrected chi connectivity index (χ0v) is 11.8. The van der Waals surface area contributed by atoms with Gasteiger partial charge in [-0.2, -0.15) is 5.10 Å². The summed E-state index contributed by atoms with van der Waals surface area (Å²) in [5, 5.41) is 8.16. The van der Waals surface area contributed by atoms with Crippen molar-refractivity contribution < 1.29 is 0 Å². The minimum Gasteiger partial charge on any atom is -0.314 e. The second-order valence-electron chi connectivity index (χ2n) is 5.66. The highest BCUT2D eigenvalue weighted by molar-refractivity contribution is 5.47. The highest BCUT2D eigenvalue weighted by Crippen LogP contribution is 2.16. The molecule has 1 aromatic heterocycles. The summed E-state index contributed by atoms with van der Waals surface area (Å²) in [7, 11) is 0. The minimum absolute atomic E-state index is 0.437. The highest BCUT2D eigenvalue weighted by atomic mass is 15.3. The standard InChI is InChI=1S/C15H25N3/c1-12(2)18-9-7-15(17-18)11-13(3)10-14-6-4-5-8-16-14/h7,9,11-12,14,16H,4-6,8,10H2,1-3H3/b13-11-. The van der Waals surface area contributed by atoms with E-state index in [1.54, 1.807) is 0 Å². The van der Waals surface area contributed by atoms with Crippen LogP contribution in [0.4, 0.5) is 0 Å². The second kappa shape index (κ2) is 6.19. The molecule has 1 unspecified atom stereocenters. The van der Waals surface area contributed by atoms with Crippen molar-refractivity contribution in [2.75, 3.05) is 6.54 Å². The molecule has 0 spiro atoms. The Hall–Kier alpha value is -1.09. The Morgan fingerprint density at radius 3 is 3.00 bits per heavy atom.